The lowest BCUT2D eigenvalue weighted by molar-refractivity contribution is 0.102. The topological polar surface area (TPSA) is 120 Å². The van der Waals surface area contributed by atoms with Gasteiger partial charge in [-0.05, 0) is 61.7 Å². The maximum atomic E-state index is 11.8. The van der Waals surface area contributed by atoms with Gasteiger partial charge in [-0.1, -0.05) is 26.0 Å². The van der Waals surface area contributed by atoms with Gasteiger partial charge in [-0.3, -0.25) is 14.9 Å². The molecule has 0 aliphatic rings. The number of ketones is 1. The van der Waals surface area contributed by atoms with Crippen LogP contribution in [0, 0.1) is 5.92 Å². The summed E-state index contributed by atoms with van der Waals surface area (Å²) in [5.41, 5.74) is 7.52. The molecule has 0 fully saturated rings. The van der Waals surface area contributed by atoms with Gasteiger partial charge in [-0.25, -0.2) is 4.98 Å². The number of aromatic nitrogens is 5. The minimum atomic E-state index is -0.645. The van der Waals surface area contributed by atoms with Crippen LogP contribution >= 0.6 is 11.3 Å². The summed E-state index contributed by atoms with van der Waals surface area (Å²) in [7, 11) is 0. The molecule has 39 heavy (non-hydrogen) atoms. The van der Waals surface area contributed by atoms with Crippen molar-refractivity contribution in [2.45, 2.75) is 33.4 Å². The normalized spacial score (nSPS) is 12.4. The number of hydrogen-bond acceptors (Lipinski definition) is 7. The van der Waals surface area contributed by atoms with Crippen molar-refractivity contribution in [3.8, 4) is 33.1 Å². The number of nitrogens with zero attached hydrogens (tertiary/aromatic N) is 3. The van der Waals surface area contributed by atoms with Gasteiger partial charge in [0, 0.05) is 33.1 Å². The molecule has 1 atom stereocenters. The third-order valence-corrected chi connectivity index (χ3v) is 7.83. The van der Waals surface area contributed by atoms with E-state index >= 15 is 0 Å². The lowest BCUT2D eigenvalue weighted by Gasteiger charge is -2.16. The molecular weight excluding hydrogens is 508 g/mol. The Balaban J connectivity index is 1.37. The third-order valence-electron chi connectivity index (χ3n) is 6.61. The fourth-order valence-electron chi connectivity index (χ4n) is 4.77. The zero-order valence-electron chi connectivity index (χ0n) is 21.8. The molecule has 0 aliphatic heterocycles. The Morgan fingerprint density at radius 1 is 1.08 bits per heavy atom. The molecule has 6 rings (SSSR count). The molecule has 0 saturated heterocycles. The van der Waals surface area contributed by atoms with Gasteiger partial charge in [0.1, 0.15) is 17.4 Å². The van der Waals surface area contributed by atoms with E-state index < -0.39 is 6.23 Å². The van der Waals surface area contributed by atoms with Gasteiger partial charge in [0.15, 0.2) is 5.78 Å². The average molecular weight is 537 g/mol. The van der Waals surface area contributed by atoms with Gasteiger partial charge >= 0.3 is 0 Å². The van der Waals surface area contributed by atoms with Crippen LogP contribution in [-0.2, 0) is 0 Å². The number of pyridine rings is 2. The van der Waals surface area contributed by atoms with Crippen molar-refractivity contribution in [2.24, 2.45) is 5.92 Å². The van der Waals surface area contributed by atoms with E-state index in [4.69, 9.17) is 4.98 Å². The van der Waals surface area contributed by atoms with Crippen molar-refractivity contribution >= 4 is 44.7 Å². The number of rotatable bonds is 8. The number of benzene rings is 1. The summed E-state index contributed by atoms with van der Waals surface area (Å²) >= 11 is 1.50. The molecule has 8 nitrogen and oxygen atoms in total. The predicted molar refractivity (Wildman–Crippen MR) is 157 cm³/mol. The number of carbonyl (C=O) groups excluding carboxylic acids is 1. The number of aliphatic hydroxyl groups is 1. The molecule has 9 heteroatoms. The zero-order chi connectivity index (χ0) is 27.1. The largest absolute Gasteiger partial charge is 0.374 e. The average Bonchev–Trinajstić information content (AvgIpc) is 3.65. The second-order valence-electron chi connectivity index (χ2n) is 10.1. The Morgan fingerprint density at radius 3 is 2.74 bits per heavy atom. The number of aliphatic hydroxyl groups excluding tert-OH is 1. The lowest BCUT2D eigenvalue weighted by Crippen LogP contribution is -2.20. The van der Waals surface area contributed by atoms with Gasteiger partial charge < -0.3 is 15.4 Å². The fraction of sp³-hybridized carbons (Fsp3) is 0.200. The summed E-state index contributed by atoms with van der Waals surface area (Å²) in [6.07, 6.45) is 3.46. The van der Waals surface area contributed by atoms with Crippen molar-refractivity contribution in [2.75, 3.05) is 5.32 Å². The molecule has 5 aromatic heterocycles. The van der Waals surface area contributed by atoms with Crippen LogP contribution in [0.2, 0.25) is 0 Å². The van der Waals surface area contributed by atoms with E-state index in [1.807, 2.05) is 42.5 Å². The standard InChI is InChI=1S/C30H28N6O2S/c1-16(2)11-28(38)32-19-12-18(14-31-15-19)22-7-8-24-29(34-22)30(36-35-24)25-13-21-20(5-4-6-23(21)33-25)27-10-9-26(39-27)17(3)37/h4-10,12-16,28,32-33,38H,11H2,1-3H3,(H,35,36). The molecule has 0 amide bonds. The van der Waals surface area contributed by atoms with E-state index in [-0.39, 0.29) is 5.78 Å². The van der Waals surface area contributed by atoms with E-state index in [1.165, 1.54) is 11.3 Å². The molecule has 5 heterocycles. The van der Waals surface area contributed by atoms with E-state index in [2.05, 4.69) is 51.5 Å². The van der Waals surface area contributed by atoms with Crippen molar-refractivity contribution in [3.05, 3.63) is 71.9 Å². The number of anilines is 1. The molecule has 0 radical (unpaired) electrons. The number of H-pyrrole nitrogens is 2. The SMILES string of the molecule is CC(=O)c1ccc(-c2cccc3[nH]c(-c4n[nH]c5ccc(-c6cncc(NC(O)CC(C)C)c6)nc45)cc23)s1. The third kappa shape index (κ3) is 4.94. The molecule has 1 aromatic carbocycles. The molecule has 0 spiro atoms. The van der Waals surface area contributed by atoms with Crippen LogP contribution in [-0.4, -0.2) is 42.3 Å². The number of nitrogens with one attached hydrogen (secondary N) is 3. The molecular formula is C30H28N6O2S. The van der Waals surface area contributed by atoms with Crippen LogP contribution in [0.3, 0.4) is 0 Å². The first-order valence-electron chi connectivity index (χ1n) is 12.8. The predicted octanol–water partition coefficient (Wildman–Crippen LogP) is 6.88. The highest BCUT2D eigenvalue weighted by Gasteiger charge is 2.17. The van der Waals surface area contributed by atoms with Crippen molar-refractivity contribution in [1.29, 1.82) is 0 Å². The van der Waals surface area contributed by atoms with Crippen LogP contribution in [0.25, 0.3) is 55.0 Å². The summed E-state index contributed by atoms with van der Waals surface area (Å²) in [5, 5.41) is 22.2. The second-order valence-corrected chi connectivity index (χ2v) is 11.2. The van der Waals surface area contributed by atoms with Crippen molar-refractivity contribution in [1.82, 2.24) is 25.1 Å². The van der Waals surface area contributed by atoms with Crippen LogP contribution in [0.15, 0.2) is 67.0 Å². The molecule has 1 unspecified atom stereocenters. The lowest BCUT2D eigenvalue weighted by atomic mass is 10.1. The van der Waals surface area contributed by atoms with Crippen molar-refractivity contribution in [3.63, 3.8) is 0 Å². The Hall–Kier alpha value is -4.34. The number of Topliss-reactive ketones (excluding diaryl/α,β-unsaturated/α-hetero) is 1. The highest BCUT2D eigenvalue weighted by molar-refractivity contribution is 7.17. The number of hydrogen-bond donors (Lipinski definition) is 4. The summed E-state index contributed by atoms with van der Waals surface area (Å²) in [5.74, 6) is 0.442. The molecule has 4 N–H and O–H groups in total. The quantitative estimate of drug-likeness (QED) is 0.124. The summed E-state index contributed by atoms with van der Waals surface area (Å²) < 4.78 is 0. The van der Waals surface area contributed by atoms with Crippen LogP contribution < -0.4 is 5.32 Å². The monoisotopic (exact) mass is 536 g/mol. The highest BCUT2D eigenvalue weighted by Crippen LogP contribution is 2.37. The second kappa shape index (κ2) is 10.1. The first kappa shape index (κ1) is 25.0. The Morgan fingerprint density at radius 2 is 1.95 bits per heavy atom. The highest BCUT2D eigenvalue weighted by atomic mass is 32.1. The molecule has 196 valence electrons. The number of fused-ring (bicyclic) bond motifs is 2. The molecule has 0 aliphatic carbocycles. The van der Waals surface area contributed by atoms with E-state index in [0.717, 1.165) is 65.6 Å². The van der Waals surface area contributed by atoms with Gasteiger partial charge in [-0.15, -0.1) is 11.3 Å². The Bertz CT molecular complexity index is 1820. The van der Waals surface area contributed by atoms with E-state index in [9.17, 15) is 9.90 Å². The van der Waals surface area contributed by atoms with Gasteiger partial charge in [-0.2, -0.15) is 5.10 Å². The van der Waals surface area contributed by atoms with E-state index in [1.54, 1.807) is 19.3 Å². The van der Waals surface area contributed by atoms with E-state index in [0.29, 0.717) is 12.3 Å². The molecule has 6 aromatic rings. The smallest absolute Gasteiger partial charge is 0.169 e. The first-order chi connectivity index (χ1) is 18.9. The van der Waals surface area contributed by atoms with Gasteiger partial charge in [0.2, 0.25) is 0 Å². The zero-order valence-corrected chi connectivity index (χ0v) is 22.6. The van der Waals surface area contributed by atoms with Gasteiger partial charge in [0.25, 0.3) is 0 Å². The minimum absolute atomic E-state index is 0.0707. The fourth-order valence-corrected chi connectivity index (χ4v) is 5.71. The molecule has 0 saturated carbocycles. The Labute approximate surface area is 229 Å². The Kier molecular flexibility index (Phi) is 6.46. The van der Waals surface area contributed by atoms with Gasteiger partial charge in [0.05, 0.1) is 33.7 Å². The number of thiophene rings is 1. The number of carbonyl (C=O) groups is 1. The van der Waals surface area contributed by atoms with Crippen molar-refractivity contribution < 1.29 is 9.90 Å². The van der Waals surface area contributed by atoms with Crippen LogP contribution in [0.5, 0.6) is 0 Å². The number of aromatic amines is 2. The summed E-state index contributed by atoms with van der Waals surface area (Å²) in [4.78, 5) is 26.4. The first-order valence-corrected chi connectivity index (χ1v) is 13.7. The molecule has 0 bridgehead atoms. The van der Waals surface area contributed by atoms with Crippen LogP contribution in [0.1, 0.15) is 36.9 Å². The minimum Gasteiger partial charge on any atom is -0.374 e. The van der Waals surface area contributed by atoms with Crippen LogP contribution in [0.4, 0.5) is 5.69 Å². The maximum absolute atomic E-state index is 11.8. The maximum Gasteiger partial charge on any atom is 0.169 e. The summed E-state index contributed by atoms with van der Waals surface area (Å²) in [6.45, 7) is 5.73. The summed E-state index contributed by atoms with van der Waals surface area (Å²) in [6, 6.07) is 17.9.